The summed E-state index contributed by atoms with van der Waals surface area (Å²) in [6.45, 7) is 4.75. The lowest BCUT2D eigenvalue weighted by Crippen LogP contribution is -2.47. The minimum absolute atomic E-state index is 0.00802. The fraction of sp³-hybridized carbons (Fsp3) is 0.375. The van der Waals surface area contributed by atoms with E-state index in [0.29, 0.717) is 43.2 Å². The van der Waals surface area contributed by atoms with Crippen LogP contribution in [0.25, 0.3) is 0 Å². The second-order valence-corrected chi connectivity index (χ2v) is 7.95. The summed E-state index contributed by atoms with van der Waals surface area (Å²) in [5, 5.41) is 2.76. The summed E-state index contributed by atoms with van der Waals surface area (Å²) in [5.74, 6) is 5.16. The first-order valence-corrected chi connectivity index (χ1v) is 10.6. The van der Waals surface area contributed by atoms with E-state index in [0.717, 1.165) is 0 Å². The Kier molecular flexibility index (Phi) is 6.47. The quantitative estimate of drug-likeness (QED) is 0.516. The summed E-state index contributed by atoms with van der Waals surface area (Å²) in [5.41, 5.74) is 5.78. The number of aromatic nitrogens is 1. The van der Waals surface area contributed by atoms with Crippen LogP contribution in [0.15, 0.2) is 41.5 Å². The van der Waals surface area contributed by atoms with E-state index in [1.807, 2.05) is 0 Å². The van der Waals surface area contributed by atoms with Gasteiger partial charge in [-0.1, -0.05) is 0 Å². The topological polar surface area (TPSA) is 108 Å². The monoisotopic (exact) mass is 452 g/mol. The second-order valence-electron chi connectivity index (χ2n) is 7.95. The third kappa shape index (κ3) is 4.76. The van der Waals surface area contributed by atoms with Crippen LogP contribution in [-0.4, -0.2) is 42.8 Å². The van der Waals surface area contributed by atoms with E-state index >= 15 is 0 Å². The van der Waals surface area contributed by atoms with Gasteiger partial charge >= 0.3 is 0 Å². The maximum absolute atomic E-state index is 14.9. The summed E-state index contributed by atoms with van der Waals surface area (Å²) in [7, 11) is 0. The molecule has 0 bridgehead atoms. The number of nitrogens with two attached hydrogens (primary N) is 1. The minimum atomic E-state index is -0.992. The Balaban J connectivity index is 1.50. The molecule has 2 aliphatic rings. The largest absolute Gasteiger partial charge is 0.491 e. The number of ether oxygens (including phenoxy) is 3. The Hall–Kier alpha value is -3.64. The maximum Gasteiger partial charge on any atom is 0.283 e. The Bertz CT molecular complexity index is 1130. The highest BCUT2D eigenvalue weighted by Crippen LogP contribution is 2.43. The molecule has 0 radical (unpaired) electrons. The molecule has 0 unspecified atom stereocenters. The van der Waals surface area contributed by atoms with Crippen LogP contribution in [0, 0.1) is 23.6 Å². The van der Waals surface area contributed by atoms with Gasteiger partial charge in [-0.05, 0) is 44.2 Å². The van der Waals surface area contributed by atoms with Crippen molar-refractivity contribution in [1.82, 2.24) is 4.98 Å². The summed E-state index contributed by atoms with van der Waals surface area (Å²) in [4.78, 5) is 21.3. The molecule has 3 atom stereocenters. The summed E-state index contributed by atoms with van der Waals surface area (Å²) >= 11 is 0. The van der Waals surface area contributed by atoms with Crippen molar-refractivity contribution in [2.24, 2.45) is 16.6 Å². The molecule has 8 nitrogen and oxygen atoms in total. The number of hydrogen-bond donors (Lipinski definition) is 2. The molecule has 1 aromatic carbocycles. The molecule has 1 amide bonds. The summed E-state index contributed by atoms with van der Waals surface area (Å²) < 4.78 is 31.5. The van der Waals surface area contributed by atoms with Gasteiger partial charge in [0, 0.05) is 17.7 Å². The number of nitrogens with zero attached hydrogens (tertiary/aromatic N) is 2. The molecule has 4 rings (SSSR count). The minimum Gasteiger partial charge on any atom is -0.491 e. The molecule has 33 heavy (non-hydrogen) atoms. The number of carbonyl (C=O) groups excluding carboxylic acids is 1. The Morgan fingerprint density at radius 2 is 2.21 bits per heavy atom. The molecule has 0 saturated carbocycles. The first-order chi connectivity index (χ1) is 15.9. The number of nitrogens with one attached hydrogen (secondary N) is 1. The first kappa shape index (κ1) is 22.6. The van der Waals surface area contributed by atoms with Crippen molar-refractivity contribution in [3.63, 3.8) is 0 Å². The molecule has 1 fully saturated rings. The summed E-state index contributed by atoms with van der Waals surface area (Å²) in [6.07, 6.45) is 1.79. The van der Waals surface area contributed by atoms with Gasteiger partial charge in [-0.15, -0.1) is 11.8 Å². The number of carbonyl (C=O) groups is 1. The van der Waals surface area contributed by atoms with Gasteiger partial charge in [-0.25, -0.2) is 14.4 Å². The molecule has 0 spiro atoms. The molecule has 1 saturated heterocycles. The number of rotatable bonds is 6. The van der Waals surface area contributed by atoms with Crippen molar-refractivity contribution in [2.75, 3.05) is 25.1 Å². The van der Waals surface area contributed by atoms with Crippen molar-refractivity contribution in [3.8, 4) is 17.6 Å². The zero-order valence-electron chi connectivity index (χ0n) is 18.4. The lowest BCUT2D eigenvalue weighted by molar-refractivity contribution is 0.0817. The third-order valence-corrected chi connectivity index (χ3v) is 5.78. The molecule has 2 aliphatic heterocycles. The lowest BCUT2D eigenvalue weighted by Gasteiger charge is -2.38. The molecule has 3 N–H and O–H groups in total. The molecule has 172 valence electrons. The van der Waals surface area contributed by atoms with Crippen molar-refractivity contribution in [1.29, 1.82) is 0 Å². The van der Waals surface area contributed by atoms with Crippen LogP contribution in [-0.2, 0) is 15.0 Å². The van der Waals surface area contributed by atoms with Gasteiger partial charge in [0.25, 0.3) is 11.9 Å². The van der Waals surface area contributed by atoms with Crippen molar-refractivity contribution < 1.29 is 23.4 Å². The van der Waals surface area contributed by atoms with Gasteiger partial charge in [0.15, 0.2) is 0 Å². The predicted octanol–water partition coefficient (Wildman–Crippen LogP) is 2.84. The predicted molar refractivity (Wildman–Crippen MR) is 120 cm³/mol. The van der Waals surface area contributed by atoms with Crippen LogP contribution < -0.4 is 15.8 Å². The number of amidine groups is 1. The Morgan fingerprint density at radius 3 is 2.97 bits per heavy atom. The fourth-order valence-electron chi connectivity index (χ4n) is 4.06. The number of anilines is 1. The van der Waals surface area contributed by atoms with Crippen molar-refractivity contribution in [3.05, 3.63) is 53.6 Å². The van der Waals surface area contributed by atoms with E-state index in [-0.39, 0.29) is 23.7 Å². The van der Waals surface area contributed by atoms with Gasteiger partial charge in [0.1, 0.15) is 23.4 Å². The van der Waals surface area contributed by atoms with E-state index in [2.05, 4.69) is 27.1 Å². The maximum atomic E-state index is 14.9. The number of amides is 1. The molecule has 9 heteroatoms. The van der Waals surface area contributed by atoms with Gasteiger partial charge in [0.2, 0.25) is 0 Å². The van der Waals surface area contributed by atoms with Gasteiger partial charge in [-0.2, -0.15) is 0 Å². The number of aliphatic imine (C=N–C) groups is 1. The van der Waals surface area contributed by atoms with E-state index in [4.69, 9.17) is 19.9 Å². The number of pyridine rings is 1. The van der Waals surface area contributed by atoms with Crippen LogP contribution in [0.4, 0.5) is 10.1 Å². The Labute approximate surface area is 191 Å². The van der Waals surface area contributed by atoms with Crippen molar-refractivity contribution >= 4 is 17.6 Å². The average Bonchev–Trinajstić information content (AvgIpc) is 3.27. The molecular formula is C24H25FN4O4. The molecule has 1 aromatic heterocycles. The van der Waals surface area contributed by atoms with Gasteiger partial charge < -0.3 is 25.3 Å². The van der Waals surface area contributed by atoms with Gasteiger partial charge in [-0.3, -0.25) is 4.79 Å². The summed E-state index contributed by atoms with van der Waals surface area (Å²) in [6, 6.07) is 7.57. The second kappa shape index (κ2) is 9.46. The molecule has 0 aliphatic carbocycles. The number of fused-ring (bicyclic) bond motifs is 1. The molecule has 3 heterocycles. The average molecular weight is 452 g/mol. The van der Waals surface area contributed by atoms with E-state index in [1.54, 1.807) is 32.0 Å². The van der Waals surface area contributed by atoms with E-state index in [9.17, 15) is 9.18 Å². The SMILES string of the molecule is CC#CCCOc1ccc(C(=O)Nc2ccc(F)c([C@@]3(C)N=C(N)O[C@@H]4COC[C@@H]43)c2)nc1. The third-order valence-electron chi connectivity index (χ3n) is 5.78. The zero-order chi connectivity index (χ0) is 23.4. The standard InChI is InChI=1S/C24H25FN4O4/c1-3-4-5-10-32-16-7-9-20(27-12-16)22(30)28-15-6-8-19(25)17(11-15)24(2)18-13-31-14-21(18)33-23(26)29-24/h6-9,11-12,18,21H,5,10,13-14H2,1-2H3,(H2,26,29)(H,28,30)/t18-,21+,24+/m0/s1. The molecule has 2 aromatic rings. The fourth-order valence-corrected chi connectivity index (χ4v) is 4.06. The smallest absolute Gasteiger partial charge is 0.283 e. The van der Waals surface area contributed by atoms with E-state index < -0.39 is 17.3 Å². The number of halogens is 1. The van der Waals surface area contributed by atoms with Gasteiger partial charge in [0.05, 0.1) is 37.5 Å². The van der Waals surface area contributed by atoms with Crippen LogP contribution in [0.3, 0.4) is 0 Å². The van der Waals surface area contributed by atoms with E-state index in [1.165, 1.54) is 18.3 Å². The Morgan fingerprint density at radius 1 is 1.36 bits per heavy atom. The number of benzene rings is 1. The highest BCUT2D eigenvalue weighted by atomic mass is 19.1. The highest BCUT2D eigenvalue weighted by Gasteiger charge is 2.50. The van der Waals surface area contributed by atoms with Crippen LogP contribution in [0.1, 0.15) is 36.3 Å². The van der Waals surface area contributed by atoms with Crippen LogP contribution in [0.5, 0.6) is 5.75 Å². The van der Waals surface area contributed by atoms with Crippen molar-refractivity contribution in [2.45, 2.75) is 31.9 Å². The normalized spacial score (nSPS) is 23.4. The highest BCUT2D eigenvalue weighted by molar-refractivity contribution is 6.02. The first-order valence-electron chi connectivity index (χ1n) is 10.6. The van der Waals surface area contributed by atoms with Crippen LogP contribution >= 0.6 is 0 Å². The van der Waals surface area contributed by atoms with Crippen LogP contribution in [0.2, 0.25) is 0 Å². The zero-order valence-corrected chi connectivity index (χ0v) is 18.4. The lowest BCUT2D eigenvalue weighted by atomic mass is 9.77. The molecular weight excluding hydrogens is 427 g/mol. The number of hydrogen-bond acceptors (Lipinski definition) is 7.